The third kappa shape index (κ3) is 2.77. The minimum atomic E-state index is -0.921. The van der Waals surface area contributed by atoms with Gasteiger partial charge in [0.05, 0.1) is 17.4 Å². The van der Waals surface area contributed by atoms with Crippen molar-refractivity contribution in [3.63, 3.8) is 0 Å². The lowest BCUT2D eigenvalue weighted by molar-refractivity contribution is -0.126. The predicted octanol–water partition coefficient (Wildman–Crippen LogP) is 3.44. The number of amides is 2. The van der Waals surface area contributed by atoms with Gasteiger partial charge in [-0.3, -0.25) is 14.4 Å². The van der Waals surface area contributed by atoms with Crippen molar-refractivity contribution in [3.8, 4) is 5.75 Å². The van der Waals surface area contributed by atoms with Crippen LogP contribution in [0.5, 0.6) is 5.75 Å². The summed E-state index contributed by atoms with van der Waals surface area (Å²) in [4.78, 5) is 33.8. The highest BCUT2D eigenvalue weighted by Crippen LogP contribution is 2.47. The number of phenols is 1. The molecule has 3 unspecified atom stereocenters. The quantitative estimate of drug-likeness (QED) is 0.699. The lowest BCUT2D eigenvalue weighted by atomic mass is 9.90. The number of carbonyl (C=O) groups is 2. The molecule has 29 heavy (non-hydrogen) atoms. The Morgan fingerprint density at radius 3 is 2.07 bits per heavy atom. The molecule has 6 heteroatoms. The molecule has 0 spiro atoms. The average molecular weight is 386 g/mol. The van der Waals surface area contributed by atoms with E-state index < -0.39 is 18.1 Å². The maximum atomic E-state index is 13.4. The molecule has 2 amide bonds. The minimum Gasteiger partial charge on any atom is -0.508 e. The molecule has 1 N–H and O–H groups in total. The maximum absolute atomic E-state index is 13.4. The second-order valence-electron chi connectivity index (χ2n) is 7.10. The van der Waals surface area contributed by atoms with Crippen molar-refractivity contribution in [1.82, 2.24) is 0 Å². The zero-order chi connectivity index (χ0) is 20.0. The molecule has 0 bridgehead atoms. The first kappa shape index (κ1) is 17.5. The monoisotopic (exact) mass is 386 g/mol. The summed E-state index contributed by atoms with van der Waals surface area (Å²) < 4.78 is 0. The Bertz CT molecular complexity index is 1070. The Balaban J connectivity index is 1.60. The van der Waals surface area contributed by atoms with Crippen molar-refractivity contribution in [3.05, 3.63) is 90.5 Å². The Morgan fingerprint density at radius 1 is 0.759 bits per heavy atom. The SMILES string of the molecule is O=C1C2ON(c3ccccc3)C(c3cccc(O)c3)C2C(=O)N1c1ccccc1. The number of hydrogen-bond acceptors (Lipinski definition) is 5. The van der Waals surface area contributed by atoms with Gasteiger partial charge in [0.1, 0.15) is 11.7 Å². The van der Waals surface area contributed by atoms with Crippen molar-refractivity contribution >= 4 is 23.2 Å². The van der Waals surface area contributed by atoms with Gasteiger partial charge in [0.2, 0.25) is 5.91 Å². The smallest absolute Gasteiger partial charge is 0.266 e. The van der Waals surface area contributed by atoms with Crippen LogP contribution < -0.4 is 9.96 Å². The molecular formula is C23H18N2O4. The van der Waals surface area contributed by atoms with Crippen LogP contribution in [0.1, 0.15) is 11.6 Å². The van der Waals surface area contributed by atoms with Gasteiger partial charge < -0.3 is 5.11 Å². The van der Waals surface area contributed by atoms with Gasteiger partial charge in [0.15, 0.2) is 6.10 Å². The van der Waals surface area contributed by atoms with Crippen molar-refractivity contribution in [2.45, 2.75) is 12.1 Å². The highest BCUT2D eigenvalue weighted by molar-refractivity contribution is 6.23. The van der Waals surface area contributed by atoms with Gasteiger partial charge in [-0.25, -0.2) is 9.96 Å². The summed E-state index contributed by atoms with van der Waals surface area (Å²) in [6.07, 6.45) is -0.921. The van der Waals surface area contributed by atoms with E-state index in [0.29, 0.717) is 11.3 Å². The summed E-state index contributed by atoms with van der Waals surface area (Å²) in [7, 11) is 0. The van der Waals surface area contributed by atoms with Gasteiger partial charge in [-0.2, -0.15) is 0 Å². The molecule has 2 aliphatic heterocycles. The summed E-state index contributed by atoms with van der Waals surface area (Å²) in [5.74, 6) is -1.31. The van der Waals surface area contributed by atoms with Crippen molar-refractivity contribution in [1.29, 1.82) is 0 Å². The molecule has 2 aliphatic rings. The summed E-state index contributed by atoms with van der Waals surface area (Å²) >= 11 is 0. The second kappa shape index (κ2) is 6.76. The number of aromatic hydroxyl groups is 1. The van der Waals surface area contributed by atoms with Gasteiger partial charge in [-0.05, 0) is 42.0 Å². The number of imide groups is 1. The molecule has 3 atom stereocenters. The Kier molecular flexibility index (Phi) is 4.07. The fourth-order valence-corrected chi connectivity index (χ4v) is 4.09. The van der Waals surface area contributed by atoms with Crippen LogP contribution in [0.3, 0.4) is 0 Å². The molecule has 6 nitrogen and oxygen atoms in total. The number of hydrogen-bond donors (Lipinski definition) is 1. The van der Waals surface area contributed by atoms with Crippen LogP contribution in [-0.4, -0.2) is 23.0 Å². The van der Waals surface area contributed by atoms with E-state index in [1.165, 1.54) is 4.90 Å². The van der Waals surface area contributed by atoms with E-state index in [0.717, 1.165) is 5.69 Å². The molecule has 0 aromatic heterocycles. The molecule has 3 aromatic carbocycles. The average Bonchev–Trinajstić information content (AvgIpc) is 3.26. The highest BCUT2D eigenvalue weighted by Gasteiger charge is 2.60. The number of phenolic OH excluding ortho intramolecular Hbond substituents is 1. The number of anilines is 2. The van der Waals surface area contributed by atoms with E-state index in [9.17, 15) is 14.7 Å². The number of rotatable bonds is 3. The van der Waals surface area contributed by atoms with E-state index >= 15 is 0 Å². The summed E-state index contributed by atoms with van der Waals surface area (Å²) in [6, 6.07) is 24.4. The molecule has 5 rings (SSSR count). The fraction of sp³-hybridized carbons (Fsp3) is 0.130. The molecule has 0 aliphatic carbocycles. The Morgan fingerprint density at radius 2 is 1.41 bits per heavy atom. The van der Waals surface area contributed by atoms with Gasteiger partial charge in [-0.15, -0.1) is 0 Å². The van der Waals surface area contributed by atoms with Crippen LogP contribution in [-0.2, 0) is 14.4 Å². The molecule has 2 saturated heterocycles. The molecule has 3 aromatic rings. The van der Waals surface area contributed by atoms with Crippen LogP contribution in [0.4, 0.5) is 11.4 Å². The van der Waals surface area contributed by atoms with Gasteiger partial charge in [-0.1, -0.05) is 48.5 Å². The maximum Gasteiger partial charge on any atom is 0.266 e. The van der Waals surface area contributed by atoms with Crippen molar-refractivity contribution in [2.24, 2.45) is 5.92 Å². The fourth-order valence-electron chi connectivity index (χ4n) is 4.09. The number of para-hydroxylation sites is 2. The number of benzene rings is 3. The summed E-state index contributed by atoms with van der Waals surface area (Å²) in [6.45, 7) is 0. The molecule has 2 fully saturated rings. The highest BCUT2D eigenvalue weighted by atomic mass is 16.7. The van der Waals surface area contributed by atoms with Crippen LogP contribution in [0.2, 0.25) is 0 Å². The standard InChI is InChI=1S/C23H18N2O4/c26-18-13-7-8-15(14-18)20-19-21(29-25(20)17-11-5-2-6-12-17)23(28)24(22(19)27)16-9-3-1-4-10-16/h1-14,19-21,26H. The summed E-state index contributed by atoms with van der Waals surface area (Å²) in [5, 5.41) is 11.6. The lowest BCUT2D eigenvalue weighted by Gasteiger charge is -2.28. The van der Waals surface area contributed by atoms with Gasteiger partial charge >= 0.3 is 0 Å². The third-order valence-electron chi connectivity index (χ3n) is 5.35. The Labute approximate surface area is 167 Å². The van der Waals surface area contributed by atoms with E-state index in [1.807, 2.05) is 42.5 Å². The molecular weight excluding hydrogens is 368 g/mol. The van der Waals surface area contributed by atoms with Crippen LogP contribution >= 0.6 is 0 Å². The summed E-state index contributed by atoms with van der Waals surface area (Å²) in [5.41, 5.74) is 1.97. The number of nitrogens with zero attached hydrogens (tertiary/aromatic N) is 2. The largest absolute Gasteiger partial charge is 0.508 e. The predicted molar refractivity (Wildman–Crippen MR) is 107 cm³/mol. The van der Waals surface area contributed by atoms with Crippen LogP contribution in [0.25, 0.3) is 0 Å². The van der Waals surface area contributed by atoms with Crippen molar-refractivity contribution < 1.29 is 19.5 Å². The van der Waals surface area contributed by atoms with E-state index in [1.54, 1.807) is 47.5 Å². The normalized spacial score (nSPS) is 23.5. The van der Waals surface area contributed by atoms with Crippen molar-refractivity contribution in [2.75, 3.05) is 9.96 Å². The molecule has 2 heterocycles. The second-order valence-corrected chi connectivity index (χ2v) is 7.10. The topological polar surface area (TPSA) is 70.1 Å². The zero-order valence-corrected chi connectivity index (χ0v) is 15.4. The van der Waals surface area contributed by atoms with E-state index in [4.69, 9.17) is 4.84 Å². The Hall–Kier alpha value is -3.64. The molecule has 0 radical (unpaired) electrons. The lowest BCUT2D eigenvalue weighted by Crippen LogP contribution is -2.37. The van der Waals surface area contributed by atoms with E-state index in [-0.39, 0.29) is 17.6 Å². The number of carbonyl (C=O) groups excluding carboxylic acids is 2. The third-order valence-corrected chi connectivity index (χ3v) is 5.35. The van der Waals surface area contributed by atoms with Crippen LogP contribution in [0.15, 0.2) is 84.9 Å². The molecule has 144 valence electrons. The van der Waals surface area contributed by atoms with E-state index in [2.05, 4.69) is 0 Å². The first-order valence-electron chi connectivity index (χ1n) is 9.38. The van der Waals surface area contributed by atoms with Gasteiger partial charge in [0, 0.05) is 0 Å². The van der Waals surface area contributed by atoms with Gasteiger partial charge in [0.25, 0.3) is 5.91 Å². The molecule has 0 saturated carbocycles. The first-order valence-corrected chi connectivity index (χ1v) is 9.38. The number of fused-ring (bicyclic) bond motifs is 1. The number of hydroxylamine groups is 1. The first-order chi connectivity index (χ1) is 14.1. The van der Waals surface area contributed by atoms with Crippen LogP contribution in [0, 0.1) is 5.92 Å². The minimum absolute atomic E-state index is 0.0932. The zero-order valence-electron chi connectivity index (χ0n) is 15.4.